The number of nitrogens with one attached hydrogen (secondary N) is 1. The molecule has 0 bridgehead atoms. The van der Waals surface area contributed by atoms with Crippen molar-refractivity contribution in [3.8, 4) is 11.8 Å². The predicted octanol–water partition coefficient (Wildman–Crippen LogP) is 5.85. The quantitative estimate of drug-likeness (QED) is 0.323. The van der Waals surface area contributed by atoms with E-state index < -0.39 is 11.9 Å². The van der Waals surface area contributed by atoms with Crippen LogP contribution in [0.1, 0.15) is 22.4 Å². The summed E-state index contributed by atoms with van der Waals surface area (Å²) < 4.78 is 41.0. The fraction of sp³-hybridized carbons (Fsp3) is 0.0833. The van der Waals surface area contributed by atoms with Gasteiger partial charge in [-0.1, -0.05) is 30.0 Å². The minimum Gasteiger partial charge on any atom is -0.256 e. The van der Waals surface area contributed by atoms with Crippen LogP contribution in [0.4, 0.5) is 13.2 Å². The van der Waals surface area contributed by atoms with E-state index in [4.69, 9.17) is 0 Å². The maximum absolute atomic E-state index is 12.6. The standard InChI is InChI=1S/C24H16F3N3S/c25-24(26,27)23-12-9-18(15-29-23)6-5-17-7-10-20(11-8-17)31-30-16-19-13-14-28-22-4-2-1-3-21(19)22/h1-4,7-15,30H,16H2. The van der Waals surface area contributed by atoms with Gasteiger partial charge in [0.25, 0.3) is 0 Å². The van der Waals surface area contributed by atoms with Gasteiger partial charge in [-0.05, 0) is 66.0 Å². The number of pyridine rings is 2. The molecular formula is C24H16F3N3S. The molecule has 2 aromatic carbocycles. The van der Waals surface area contributed by atoms with Crippen molar-refractivity contribution in [3.05, 3.63) is 102 Å². The number of rotatable bonds is 4. The van der Waals surface area contributed by atoms with E-state index in [1.807, 2.05) is 54.7 Å². The largest absolute Gasteiger partial charge is 0.433 e. The summed E-state index contributed by atoms with van der Waals surface area (Å²) in [5, 5.41) is 1.13. The average Bonchev–Trinajstić information content (AvgIpc) is 2.78. The van der Waals surface area contributed by atoms with Crippen molar-refractivity contribution >= 4 is 22.9 Å². The number of hydrogen-bond donors (Lipinski definition) is 1. The van der Waals surface area contributed by atoms with E-state index in [9.17, 15) is 13.2 Å². The molecule has 4 rings (SSSR count). The molecule has 31 heavy (non-hydrogen) atoms. The molecule has 0 saturated heterocycles. The molecule has 0 fully saturated rings. The molecule has 2 aromatic heterocycles. The molecule has 2 heterocycles. The second-order valence-corrected chi connectivity index (χ2v) is 7.58. The molecule has 154 valence electrons. The van der Waals surface area contributed by atoms with E-state index in [0.29, 0.717) is 12.1 Å². The lowest BCUT2D eigenvalue weighted by Gasteiger charge is -2.07. The third-order valence-electron chi connectivity index (χ3n) is 4.45. The zero-order valence-corrected chi connectivity index (χ0v) is 17.0. The zero-order valence-electron chi connectivity index (χ0n) is 16.1. The van der Waals surface area contributed by atoms with E-state index >= 15 is 0 Å². The molecule has 3 nitrogen and oxygen atoms in total. The van der Waals surface area contributed by atoms with E-state index in [1.165, 1.54) is 23.6 Å². The summed E-state index contributed by atoms with van der Waals surface area (Å²) in [5.41, 5.74) is 2.41. The van der Waals surface area contributed by atoms with Gasteiger partial charge in [-0.25, -0.2) is 0 Å². The normalized spacial score (nSPS) is 11.2. The third-order valence-corrected chi connectivity index (χ3v) is 5.25. The van der Waals surface area contributed by atoms with Crippen molar-refractivity contribution in [2.45, 2.75) is 17.6 Å². The minimum absolute atomic E-state index is 0.428. The number of alkyl halides is 3. The van der Waals surface area contributed by atoms with Crippen molar-refractivity contribution < 1.29 is 13.2 Å². The topological polar surface area (TPSA) is 37.8 Å². The second-order valence-electron chi connectivity index (χ2n) is 6.61. The van der Waals surface area contributed by atoms with Crippen molar-refractivity contribution in [1.29, 1.82) is 0 Å². The molecule has 0 atom stereocenters. The van der Waals surface area contributed by atoms with Gasteiger partial charge < -0.3 is 0 Å². The first kappa shape index (κ1) is 20.9. The van der Waals surface area contributed by atoms with Crippen LogP contribution in [0.15, 0.2) is 84.0 Å². The number of nitrogens with zero attached hydrogens (tertiary/aromatic N) is 2. The first-order chi connectivity index (χ1) is 15.0. The first-order valence-corrected chi connectivity index (χ1v) is 10.2. The average molecular weight is 435 g/mol. The molecule has 0 aliphatic carbocycles. The van der Waals surface area contributed by atoms with Crippen LogP contribution < -0.4 is 4.72 Å². The maximum Gasteiger partial charge on any atom is 0.433 e. The molecule has 4 aromatic rings. The number of aromatic nitrogens is 2. The summed E-state index contributed by atoms with van der Waals surface area (Å²) in [6.07, 6.45) is -1.51. The third kappa shape index (κ3) is 5.43. The van der Waals surface area contributed by atoms with E-state index in [2.05, 4.69) is 32.6 Å². The Morgan fingerprint density at radius 1 is 0.839 bits per heavy atom. The van der Waals surface area contributed by atoms with E-state index in [-0.39, 0.29) is 0 Å². The summed E-state index contributed by atoms with van der Waals surface area (Å²) in [6, 6.07) is 19.9. The summed E-state index contributed by atoms with van der Waals surface area (Å²) in [4.78, 5) is 8.81. The number of para-hydroxylation sites is 1. The summed E-state index contributed by atoms with van der Waals surface area (Å²) >= 11 is 1.52. The molecule has 1 N–H and O–H groups in total. The highest BCUT2D eigenvalue weighted by molar-refractivity contribution is 7.97. The van der Waals surface area contributed by atoms with Crippen LogP contribution in [0.2, 0.25) is 0 Å². The Morgan fingerprint density at radius 3 is 2.32 bits per heavy atom. The highest BCUT2D eigenvalue weighted by Gasteiger charge is 2.31. The van der Waals surface area contributed by atoms with Gasteiger partial charge in [-0.2, -0.15) is 13.2 Å². The highest BCUT2D eigenvalue weighted by Crippen LogP contribution is 2.27. The minimum atomic E-state index is -4.45. The Bertz CT molecular complexity index is 1240. The van der Waals surface area contributed by atoms with Crippen LogP contribution in [0.3, 0.4) is 0 Å². The molecule has 0 saturated carbocycles. The zero-order chi connectivity index (χ0) is 21.7. The van der Waals surface area contributed by atoms with Gasteiger partial charge >= 0.3 is 6.18 Å². The molecule has 0 radical (unpaired) electrons. The summed E-state index contributed by atoms with van der Waals surface area (Å²) in [7, 11) is 0. The highest BCUT2D eigenvalue weighted by atomic mass is 32.2. The van der Waals surface area contributed by atoms with Crippen LogP contribution >= 0.6 is 11.9 Å². The van der Waals surface area contributed by atoms with Crippen LogP contribution in [0, 0.1) is 11.8 Å². The predicted molar refractivity (Wildman–Crippen MR) is 116 cm³/mol. The Kier molecular flexibility index (Phi) is 6.21. The number of fused-ring (bicyclic) bond motifs is 1. The molecule has 7 heteroatoms. The van der Waals surface area contributed by atoms with Crippen LogP contribution in [-0.2, 0) is 12.7 Å². The lowest BCUT2D eigenvalue weighted by Crippen LogP contribution is -2.07. The monoisotopic (exact) mass is 435 g/mol. The molecule has 0 spiro atoms. The lowest BCUT2D eigenvalue weighted by molar-refractivity contribution is -0.141. The fourth-order valence-electron chi connectivity index (χ4n) is 2.89. The fourth-order valence-corrected chi connectivity index (χ4v) is 3.56. The molecule has 0 aliphatic rings. The SMILES string of the molecule is FC(F)(F)c1ccc(C#Cc2ccc(SNCc3ccnc4ccccc34)cc2)cn1. The Hall–Kier alpha value is -3.34. The number of hydrogen-bond acceptors (Lipinski definition) is 4. The van der Waals surface area contributed by atoms with Crippen LogP contribution in [-0.4, -0.2) is 9.97 Å². The van der Waals surface area contributed by atoms with Gasteiger partial charge in [0.15, 0.2) is 0 Å². The smallest absolute Gasteiger partial charge is 0.256 e. The molecule has 0 amide bonds. The van der Waals surface area contributed by atoms with E-state index in [0.717, 1.165) is 33.6 Å². The molecule has 0 aliphatic heterocycles. The number of benzene rings is 2. The van der Waals surface area contributed by atoms with Gasteiger partial charge in [-0.15, -0.1) is 0 Å². The summed E-state index contributed by atoms with van der Waals surface area (Å²) in [6.45, 7) is 0.691. The second kappa shape index (κ2) is 9.21. The summed E-state index contributed by atoms with van der Waals surface area (Å²) in [5.74, 6) is 5.77. The van der Waals surface area contributed by atoms with E-state index in [1.54, 1.807) is 0 Å². The van der Waals surface area contributed by atoms with Crippen molar-refractivity contribution in [1.82, 2.24) is 14.7 Å². The van der Waals surface area contributed by atoms with Crippen molar-refractivity contribution in [2.24, 2.45) is 0 Å². The van der Waals surface area contributed by atoms with Gasteiger partial charge in [0, 0.05) is 40.3 Å². The van der Waals surface area contributed by atoms with Gasteiger partial charge in [-0.3, -0.25) is 14.7 Å². The van der Waals surface area contributed by atoms with Crippen molar-refractivity contribution in [3.63, 3.8) is 0 Å². The van der Waals surface area contributed by atoms with Gasteiger partial charge in [0.05, 0.1) is 5.52 Å². The van der Waals surface area contributed by atoms with Crippen LogP contribution in [0.25, 0.3) is 10.9 Å². The van der Waals surface area contributed by atoms with Crippen LogP contribution in [0.5, 0.6) is 0 Å². The molecular weight excluding hydrogens is 419 g/mol. The maximum atomic E-state index is 12.6. The Morgan fingerprint density at radius 2 is 1.58 bits per heavy atom. The van der Waals surface area contributed by atoms with Gasteiger partial charge in [0.2, 0.25) is 0 Å². The number of halogens is 3. The lowest BCUT2D eigenvalue weighted by atomic mass is 10.1. The Balaban J connectivity index is 1.35. The first-order valence-electron chi connectivity index (χ1n) is 9.37. The Labute approximate surface area is 181 Å². The molecule has 0 unspecified atom stereocenters. The van der Waals surface area contributed by atoms with Gasteiger partial charge in [0.1, 0.15) is 5.69 Å². The van der Waals surface area contributed by atoms with Crippen molar-refractivity contribution in [2.75, 3.05) is 0 Å².